The van der Waals surface area contributed by atoms with E-state index in [1.165, 1.54) is 37.7 Å². The Kier molecular flexibility index (Phi) is 5.06. The maximum atomic E-state index is 5.41. The molecule has 0 spiro atoms. The molecular weight excluding hydrogens is 222 g/mol. The zero-order valence-electron chi connectivity index (χ0n) is 11.6. The molecule has 0 amide bonds. The van der Waals surface area contributed by atoms with Gasteiger partial charge in [0.15, 0.2) is 0 Å². The van der Waals surface area contributed by atoms with Gasteiger partial charge in [0.1, 0.15) is 5.75 Å². The number of benzene rings is 1. The lowest BCUT2D eigenvalue weighted by molar-refractivity contribution is 0.340. The highest BCUT2D eigenvalue weighted by Gasteiger charge is 2.16. The Bertz CT molecular complexity index is 358. The summed E-state index contributed by atoms with van der Waals surface area (Å²) in [5.74, 6) is 1.01. The Morgan fingerprint density at radius 3 is 2.67 bits per heavy atom. The highest BCUT2D eigenvalue weighted by molar-refractivity contribution is 5.33. The molecule has 0 aromatic heterocycles. The van der Waals surface area contributed by atoms with Crippen LogP contribution in [0.2, 0.25) is 0 Å². The average molecular weight is 247 g/mol. The SMILES string of the molecule is COc1ccccc1CC(C)NC1CCCCC1. The molecule has 2 heteroatoms. The van der Waals surface area contributed by atoms with Gasteiger partial charge in [-0.15, -0.1) is 0 Å². The first-order valence-electron chi connectivity index (χ1n) is 7.17. The molecule has 1 N–H and O–H groups in total. The van der Waals surface area contributed by atoms with Gasteiger partial charge in [-0.05, 0) is 37.8 Å². The molecule has 1 fully saturated rings. The van der Waals surface area contributed by atoms with Crippen LogP contribution in [0.15, 0.2) is 24.3 Å². The Hall–Kier alpha value is -1.02. The van der Waals surface area contributed by atoms with Crippen molar-refractivity contribution in [3.05, 3.63) is 29.8 Å². The summed E-state index contributed by atoms with van der Waals surface area (Å²) in [5.41, 5.74) is 1.30. The van der Waals surface area contributed by atoms with Crippen molar-refractivity contribution in [1.82, 2.24) is 5.32 Å². The highest BCUT2D eigenvalue weighted by atomic mass is 16.5. The minimum Gasteiger partial charge on any atom is -0.496 e. The summed E-state index contributed by atoms with van der Waals surface area (Å²) in [6.45, 7) is 2.28. The second-order valence-electron chi connectivity index (χ2n) is 5.42. The van der Waals surface area contributed by atoms with E-state index in [4.69, 9.17) is 4.74 Å². The summed E-state index contributed by atoms with van der Waals surface area (Å²) < 4.78 is 5.41. The molecular formula is C16H25NO. The van der Waals surface area contributed by atoms with E-state index >= 15 is 0 Å². The second kappa shape index (κ2) is 6.79. The van der Waals surface area contributed by atoms with Crippen LogP contribution in [0, 0.1) is 0 Å². The van der Waals surface area contributed by atoms with Crippen LogP contribution in [-0.4, -0.2) is 19.2 Å². The van der Waals surface area contributed by atoms with Gasteiger partial charge in [0.2, 0.25) is 0 Å². The molecule has 1 atom stereocenters. The molecule has 1 aromatic carbocycles. The predicted octanol–water partition coefficient (Wildman–Crippen LogP) is 3.55. The summed E-state index contributed by atoms with van der Waals surface area (Å²) in [6.07, 6.45) is 7.92. The van der Waals surface area contributed by atoms with Gasteiger partial charge in [-0.25, -0.2) is 0 Å². The third-order valence-electron chi connectivity index (χ3n) is 3.84. The molecule has 0 bridgehead atoms. The van der Waals surface area contributed by atoms with Crippen LogP contribution in [0.5, 0.6) is 5.75 Å². The summed E-state index contributed by atoms with van der Waals surface area (Å²) in [7, 11) is 1.75. The first-order chi connectivity index (χ1) is 8.79. The van der Waals surface area contributed by atoms with Crippen LogP contribution in [-0.2, 0) is 6.42 Å². The first kappa shape index (κ1) is 13.4. The molecule has 2 rings (SSSR count). The first-order valence-corrected chi connectivity index (χ1v) is 7.17. The standard InChI is InChI=1S/C16H25NO/c1-13(17-15-9-4-3-5-10-15)12-14-8-6-7-11-16(14)18-2/h6-8,11,13,15,17H,3-5,9-10,12H2,1-2H3. The van der Waals surface area contributed by atoms with Gasteiger partial charge in [-0.3, -0.25) is 0 Å². The molecule has 0 radical (unpaired) electrons. The van der Waals surface area contributed by atoms with Gasteiger partial charge in [0, 0.05) is 12.1 Å². The number of ether oxygens (including phenoxy) is 1. The van der Waals surface area contributed by atoms with E-state index in [2.05, 4.69) is 24.4 Å². The van der Waals surface area contributed by atoms with Gasteiger partial charge in [0.25, 0.3) is 0 Å². The minimum atomic E-state index is 0.518. The average Bonchev–Trinajstić information content (AvgIpc) is 2.40. The minimum absolute atomic E-state index is 0.518. The normalized spacial score (nSPS) is 18.6. The Morgan fingerprint density at radius 2 is 1.94 bits per heavy atom. The number of para-hydroxylation sites is 1. The van der Waals surface area contributed by atoms with E-state index in [-0.39, 0.29) is 0 Å². The molecule has 1 aromatic rings. The van der Waals surface area contributed by atoms with E-state index in [9.17, 15) is 0 Å². The molecule has 1 aliphatic carbocycles. The van der Waals surface area contributed by atoms with E-state index in [0.717, 1.165) is 18.2 Å². The molecule has 100 valence electrons. The fraction of sp³-hybridized carbons (Fsp3) is 0.625. The smallest absolute Gasteiger partial charge is 0.122 e. The Balaban J connectivity index is 1.87. The Labute approximate surface area is 111 Å². The van der Waals surface area contributed by atoms with Crippen molar-refractivity contribution in [3.63, 3.8) is 0 Å². The van der Waals surface area contributed by atoms with E-state index in [1.54, 1.807) is 7.11 Å². The van der Waals surface area contributed by atoms with Gasteiger partial charge < -0.3 is 10.1 Å². The zero-order chi connectivity index (χ0) is 12.8. The Morgan fingerprint density at radius 1 is 1.22 bits per heavy atom. The third kappa shape index (κ3) is 3.74. The van der Waals surface area contributed by atoms with Gasteiger partial charge in [-0.2, -0.15) is 0 Å². The number of nitrogens with one attached hydrogen (secondary N) is 1. The predicted molar refractivity (Wildman–Crippen MR) is 76.2 cm³/mol. The van der Waals surface area contributed by atoms with E-state index in [0.29, 0.717) is 6.04 Å². The van der Waals surface area contributed by atoms with Crippen molar-refractivity contribution in [3.8, 4) is 5.75 Å². The van der Waals surface area contributed by atoms with Crippen molar-refractivity contribution in [2.75, 3.05) is 7.11 Å². The molecule has 2 nitrogen and oxygen atoms in total. The topological polar surface area (TPSA) is 21.3 Å². The zero-order valence-corrected chi connectivity index (χ0v) is 11.6. The monoisotopic (exact) mass is 247 g/mol. The quantitative estimate of drug-likeness (QED) is 0.859. The van der Waals surface area contributed by atoms with Crippen molar-refractivity contribution in [1.29, 1.82) is 0 Å². The third-order valence-corrected chi connectivity index (χ3v) is 3.84. The fourth-order valence-electron chi connectivity index (χ4n) is 2.93. The summed E-state index contributed by atoms with van der Waals surface area (Å²) in [5, 5.41) is 3.76. The highest BCUT2D eigenvalue weighted by Crippen LogP contribution is 2.21. The maximum Gasteiger partial charge on any atom is 0.122 e. The fourth-order valence-corrected chi connectivity index (χ4v) is 2.93. The molecule has 1 unspecified atom stereocenters. The summed E-state index contributed by atoms with van der Waals surface area (Å²) >= 11 is 0. The molecule has 0 aliphatic heterocycles. The van der Waals surface area contributed by atoms with Crippen LogP contribution in [0.4, 0.5) is 0 Å². The molecule has 0 heterocycles. The van der Waals surface area contributed by atoms with Crippen molar-refractivity contribution in [2.24, 2.45) is 0 Å². The lowest BCUT2D eigenvalue weighted by atomic mass is 9.94. The van der Waals surface area contributed by atoms with Crippen molar-refractivity contribution in [2.45, 2.75) is 57.5 Å². The molecule has 0 saturated heterocycles. The largest absolute Gasteiger partial charge is 0.496 e. The molecule has 1 aliphatic rings. The van der Waals surface area contributed by atoms with Crippen molar-refractivity contribution < 1.29 is 4.74 Å². The van der Waals surface area contributed by atoms with Gasteiger partial charge >= 0.3 is 0 Å². The summed E-state index contributed by atoms with van der Waals surface area (Å²) in [4.78, 5) is 0. The van der Waals surface area contributed by atoms with Gasteiger partial charge in [-0.1, -0.05) is 37.5 Å². The van der Waals surface area contributed by atoms with Crippen LogP contribution in [0.25, 0.3) is 0 Å². The van der Waals surface area contributed by atoms with E-state index in [1.807, 2.05) is 12.1 Å². The van der Waals surface area contributed by atoms with Crippen LogP contribution in [0.3, 0.4) is 0 Å². The lowest BCUT2D eigenvalue weighted by Gasteiger charge is -2.27. The van der Waals surface area contributed by atoms with Crippen LogP contribution in [0.1, 0.15) is 44.6 Å². The van der Waals surface area contributed by atoms with Crippen LogP contribution >= 0.6 is 0 Å². The maximum absolute atomic E-state index is 5.41. The molecule has 1 saturated carbocycles. The number of rotatable bonds is 5. The lowest BCUT2D eigenvalue weighted by Crippen LogP contribution is -2.38. The summed E-state index contributed by atoms with van der Waals surface area (Å²) in [6, 6.07) is 9.57. The van der Waals surface area contributed by atoms with Crippen molar-refractivity contribution >= 4 is 0 Å². The molecule has 18 heavy (non-hydrogen) atoms. The van der Waals surface area contributed by atoms with Gasteiger partial charge in [0.05, 0.1) is 7.11 Å². The second-order valence-corrected chi connectivity index (χ2v) is 5.42. The van der Waals surface area contributed by atoms with E-state index < -0.39 is 0 Å². The van der Waals surface area contributed by atoms with Crippen LogP contribution < -0.4 is 10.1 Å². The number of methoxy groups -OCH3 is 1. The number of hydrogen-bond donors (Lipinski definition) is 1. The number of hydrogen-bond acceptors (Lipinski definition) is 2.